The molecule has 0 bridgehead atoms. The molecule has 0 atom stereocenters. The zero-order valence-electron chi connectivity index (χ0n) is 22.3. The Morgan fingerprint density at radius 3 is 2.25 bits per heavy atom. The van der Waals surface area contributed by atoms with Crippen LogP contribution in [0.4, 0.5) is 0 Å². The van der Waals surface area contributed by atoms with Crippen molar-refractivity contribution in [2.75, 3.05) is 26.5 Å². The molecule has 5 rings (SSSR count). The highest BCUT2D eigenvalue weighted by Gasteiger charge is 2.22. The lowest BCUT2D eigenvalue weighted by Crippen LogP contribution is -2.31. The van der Waals surface area contributed by atoms with Crippen molar-refractivity contribution >= 4 is 17.5 Å². The number of hydrogen-bond acceptors (Lipinski definition) is 5. The van der Waals surface area contributed by atoms with Crippen LogP contribution in [0.25, 0.3) is 0 Å². The molecule has 206 valence electrons. The van der Waals surface area contributed by atoms with Crippen LogP contribution in [0.15, 0.2) is 97.1 Å². The van der Waals surface area contributed by atoms with Gasteiger partial charge in [-0.3, -0.25) is 9.69 Å². The van der Waals surface area contributed by atoms with Crippen molar-refractivity contribution in [2.45, 2.75) is 25.3 Å². The van der Waals surface area contributed by atoms with Gasteiger partial charge in [-0.1, -0.05) is 84.4 Å². The van der Waals surface area contributed by atoms with Crippen LogP contribution in [0.5, 0.6) is 17.2 Å². The van der Waals surface area contributed by atoms with Crippen LogP contribution in [-0.4, -0.2) is 37.3 Å². The monoisotopic (exact) mass is 556 g/mol. The molecule has 0 aliphatic carbocycles. The number of fused-ring (bicyclic) bond motifs is 1. The number of nitrogens with two attached hydrogens (primary N) is 1. The minimum atomic E-state index is -0.360. The van der Waals surface area contributed by atoms with Crippen molar-refractivity contribution in [3.63, 3.8) is 0 Å². The fraction of sp³-hybridized carbons (Fsp3) is 0.242. The van der Waals surface area contributed by atoms with E-state index in [2.05, 4.69) is 53.4 Å². The summed E-state index contributed by atoms with van der Waals surface area (Å²) in [6.45, 7) is 2.99. The molecule has 0 aromatic heterocycles. The summed E-state index contributed by atoms with van der Waals surface area (Å²) < 4.78 is 17.2. The fourth-order valence-corrected chi connectivity index (χ4v) is 5.23. The number of benzene rings is 4. The summed E-state index contributed by atoms with van der Waals surface area (Å²) in [5.41, 5.74) is 9.71. The first-order chi connectivity index (χ1) is 19.5. The van der Waals surface area contributed by atoms with Crippen molar-refractivity contribution in [2.24, 2.45) is 5.73 Å². The van der Waals surface area contributed by atoms with Gasteiger partial charge in [0.25, 0.3) is 0 Å². The third-order valence-corrected chi connectivity index (χ3v) is 7.30. The van der Waals surface area contributed by atoms with Gasteiger partial charge in [0, 0.05) is 36.6 Å². The summed E-state index contributed by atoms with van der Waals surface area (Å²) in [6, 6.07) is 32.5. The van der Waals surface area contributed by atoms with Crippen LogP contribution in [0.2, 0.25) is 5.02 Å². The third kappa shape index (κ3) is 7.34. The lowest BCUT2D eigenvalue weighted by molar-refractivity contribution is -0.117. The highest BCUT2D eigenvalue weighted by atomic mass is 35.5. The number of rotatable bonds is 13. The van der Waals surface area contributed by atoms with Crippen molar-refractivity contribution in [3.05, 3.63) is 124 Å². The molecule has 0 radical (unpaired) electrons. The average molecular weight is 557 g/mol. The topological polar surface area (TPSA) is 74.0 Å². The number of carbonyl (C=O) groups is 1. The number of hydrogen-bond donors (Lipinski definition) is 1. The van der Waals surface area contributed by atoms with E-state index in [1.54, 1.807) is 0 Å². The lowest BCUT2D eigenvalue weighted by atomic mass is 9.90. The molecular formula is C33H33ClN2O4. The first kappa shape index (κ1) is 27.6. The maximum atomic E-state index is 11.3. The van der Waals surface area contributed by atoms with Crippen LogP contribution in [-0.2, 0) is 17.8 Å². The van der Waals surface area contributed by atoms with E-state index in [1.165, 1.54) is 11.1 Å². The first-order valence-corrected chi connectivity index (χ1v) is 13.8. The minimum Gasteiger partial charge on any atom is -0.494 e. The Hall–Kier alpha value is -4.00. The second-order valence-corrected chi connectivity index (χ2v) is 10.3. The van der Waals surface area contributed by atoms with E-state index in [9.17, 15) is 4.79 Å². The molecule has 1 aliphatic rings. The van der Waals surface area contributed by atoms with E-state index in [-0.39, 0.29) is 25.0 Å². The molecule has 0 unspecified atom stereocenters. The van der Waals surface area contributed by atoms with Gasteiger partial charge in [0.2, 0.25) is 12.7 Å². The van der Waals surface area contributed by atoms with Gasteiger partial charge in [-0.15, -0.1) is 0 Å². The largest absolute Gasteiger partial charge is 0.494 e. The van der Waals surface area contributed by atoms with E-state index in [1.807, 2.05) is 48.5 Å². The normalized spacial score (nSPS) is 12.2. The van der Waals surface area contributed by atoms with Gasteiger partial charge < -0.3 is 19.9 Å². The Morgan fingerprint density at radius 2 is 1.57 bits per heavy atom. The summed E-state index contributed by atoms with van der Waals surface area (Å²) in [6.07, 6.45) is 1.00. The Labute approximate surface area is 240 Å². The molecule has 0 saturated carbocycles. The molecular weight excluding hydrogens is 524 g/mol. The van der Waals surface area contributed by atoms with Crippen LogP contribution in [0, 0.1) is 0 Å². The van der Waals surface area contributed by atoms with Crippen molar-refractivity contribution in [1.29, 1.82) is 0 Å². The maximum Gasteiger partial charge on any atom is 0.231 e. The Balaban J connectivity index is 1.33. The smallest absolute Gasteiger partial charge is 0.231 e. The van der Waals surface area contributed by atoms with Gasteiger partial charge in [-0.05, 0) is 46.9 Å². The lowest BCUT2D eigenvalue weighted by Gasteiger charge is -2.29. The minimum absolute atomic E-state index is 0.182. The van der Waals surface area contributed by atoms with Crippen LogP contribution < -0.4 is 19.9 Å². The number of amides is 1. The molecule has 0 saturated heterocycles. The molecule has 7 heteroatoms. The van der Waals surface area contributed by atoms with Gasteiger partial charge in [0.05, 0.1) is 13.0 Å². The zero-order chi connectivity index (χ0) is 27.7. The second-order valence-electron chi connectivity index (χ2n) is 9.90. The predicted octanol–water partition coefficient (Wildman–Crippen LogP) is 6.20. The molecule has 4 aromatic rings. The van der Waals surface area contributed by atoms with Gasteiger partial charge in [0.1, 0.15) is 5.75 Å². The van der Waals surface area contributed by atoms with Gasteiger partial charge in [0.15, 0.2) is 11.5 Å². The van der Waals surface area contributed by atoms with E-state index in [0.29, 0.717) is 23.9 Å². The molecule has 1 amide bonds. The van der Waals surface area contributed by atoms with Crippen LogP contribution >= 0.6 is 11.6 Å². The van der Waals surface area contributed by atoms with E-state index in [0.717, 1.165) is 42.1 Å². The SMILES string of the molecule is NC(=O)Cc1cccc(OCCCN(Cc2cc3c(cc2Cl)OCO3)CC(c2ccccc2)c2ccccc2)c1. The Morgan fingerprint density at radius 1 is 0.900 bits per heavy atom. The third-order valence-electron chi connectivity index (χ3n) is 6.94. The van der Waals surface area contributed by atoms with Crippen molar-refractivity contribution in [3.8, 4) is 17.2 Å². The number of ether oxygens (including phenoxy) is 3. The number of halogens is 1. The quantitative estimate of drug-likeness (QED) is 0.198. The molecule has 2 N–H and O–H groups in total. The number of nitrogens with zero attached hydrogens (tertiary/aromatic N) is 1. The molecule has 1 heterocycles. The Kier molecular flexibility index (Phi) is 9.22. The van der Waals surface area contributed by atoms with Crippen molar-refractivity contribution < 1.29 is 19.0 Å². The summed E-state index contributed by atoms with van der Waals surface area (Å²) >= 11 is 6.69. The van der Waals surface area contributed by atoms with Crippen LogP contribution in [0.1, 0.15) is 34.6 Å². The molecule has 4 aromatic carbocycles. The van der Waals surface area contributed by atoms with Crippen molar-refractivity contribution in [1.82, 2.24) is 4.90 Å². The second kappa shape index (κ2) is 13.4. The molecule has 40 heavy (non-hydrogen) atoms. The van der Waals surface area contributed by atoms with Gasteiger partial charge in [-0.2, -0.15) is 0 Å². The predicted molar refractivity (Wildman–Crippen MR) is 157 cm³/mol. The fourth-order valence-electron chi connectivity index (χ4n) is 5.01. The summed E-state index contributed by atoms with van der Waals surface area (Å²) in [4.78, 5) is 13.7. The van der Waals surface area contributed by atoms with Gasteiger partial charge in [-0.25, -0.2) is 0 Å². The molecule has 0 spiro atoms. The molecule has 6 nitrogen and oxygen atoms in total. The summed E-state index contributed by atoms with van der Waals surface area (Å²) in [5, 5.41) is 0.660. The van der Waals surface area contributed by atoms with E-state index in [4.69, 9.17) is 31.5 Å². The summed E-state index contributed by atoms with van der Waals surface area (Å²) in [5.74, 6) is 1.96. The maximum absolute atomic E-state index is 11.3. The highest BCUT2D eigenvalue weighted by molar-refractivity contribution is 6.31. The van der Waals surface area contributed by atoms with E-state index >= 15 is 0 Å². The molecule has 1 aliphatic heterocycles. The Bertz CT molecular complexity index is 1380. The highest BCUT2D eigenvalue weighted by Crippen LogP contribution is 2.37. The first-order valence-electron chi connectivity index (χ1n) is 13.5. The zero-order valence-corrected chi connectivity index (χ0v) is 23.1. The number of primary amides is 1. The number of carbonyl (C=O) groups excluding carboxylic acids is 1. The summed E-state index contributed by atoms with van der Waals surface area (Å²) in [7, 11) is 0. The standard InChI is InChI=1S/C33H33ClN2O4/c34-30-20-32-31(39-23-40-32)19-27(30)21-36(15-8-16-38-28-14-7-9-24(17-28)18-33(35)37)22-29(25-10-3-1-4-11-25)26-12-5-2-6-13-26/h1-7,9-14,17,19-20,29H,8,15-16,18,21-23H2,(H2,35,37). The van der Waals surface area contributed by atoms with Crippen LogP contribution in [0.3, 0.4) is 0 Å². The molecule has 0 fully saturated rings. The van der Waals surface area contributed by atoms with Gasteiger partial charge >= 0.3 is 0 Å². The average Bonchev–Trinajstić information content (AvgIpc) is 3.41. The van der Waals surface area contributed by atoms with E-state index < -0.39 is 0 Å².